The van der Waals surface area contributed by atoms with Gasteiger partial charge in [0.2, 0.25) is 0 Å². The van der Waals surface area contributed by atoms with Crippen molar-refractivity contribution in [3.8, 4) is 35.5 Å². The van der Waals surface area contributed by atoms with E-state index in [4.69, 9.17) is 0 Å². The van der Waals surface area contributed by atoms with Gasteiger partial charge < -0.3 is 4.90 Å². The fourth-order valence-corrected chi connectivity index (χ4v) is 4.96. The number of nitro benzene ring substituents is 3. The normalized spacial score (nSPS) is 9.92. The molecule has 248 valence electrons. The van der Waals surface area contributed by atoms with E-state index in [-0.39, 0.29) is 17.1 Å². The maximum atomic E-state index is 11.0. The van der Waals surface area contributed by atoms with Crippen molar-refractivity contribution < 1.29 is 14.8 Å². The Bertz CT molecular complexity index is 2180. The smallest absolute Gasteiger partial charge is 0.269 e. The van der Waals surface area contributed by atoms with Gasteiger partial charge in [0.25, 0.3) is 17.1 Å². The van der Waals surface area contributed by atoms with Crippen LogP contribution in [0.2, 0.25) is 0 Å². The van der Waals surface area contributed by atoms with E-state index in [1.807, 2.05) is 72.8 Å². The molecular formula is C42H24N4O6. The number of nitrogens with zero attached hydrogens (tertiary/aromatic N) is 4. The summed E-state index contributed by atoms with van der Waals surface area (Å²) in [6, 6.07) is 41.3. The molecule has 0 N–H and O–H groups in total. The maximum Gasteiger partial charge on any atom is 0.269 e. The van der Waals surface area contributed by atoms with Gasteiger partial charge in [-0.1, -0.05) is 35.5 Å². The van der Waals surface area contributed by atoms with Crippen LogP contribution < -0.4 is 4.90 Å². The zero-order valence-corrected chi connectivity index (χ0v) is 27.1. The van der Waals surface area contributed by atoms with E-state index < -0.39 is 14.8 Å². The van der Waals surface area contributed by atoms with Crippen LogP contribution in [0.5, 0.6) is 0 Å². The first-order valence-electron chi connectivity index (χ1n) is 15.6. The van der Waals surface area contributed by atoms with Crippen molar-refractivity contribution in [2.24, 2.45) is 0 Å². The Kier molecular flexibility index (Phi) is 10.1. The van der Waals surface area contributed by atoms with Crippen molar-refractivity contribution in [2.45, 2.75) is 0 Å². The molecule has 0 saturated carbocycles. The molecule has 0 unspecified atom stereocenters. The second kappa shape index (κ2) is 15.5. The summed E-state index contributed by atoms with van der Waals surface area (Å²) in [7, 11) is 0. The van der Waals surface area contributed by atoms with Gasteiger partial charge in [-0.25, -0.2) is 0 Å². The highest BCUT2D eigenvalue weighted by atomic mass is 16.6. The first kappa shape index (κ1) is 33.9. The van der Waals surface area contributed by atoms with E-state index in [0.717, 1.165) is 33.8 Å². The number of hydrogen-bond acceptors (Lipinski definition) is 7. The standard InChI is InChI=1S/C42H24N4O6/c47-44(48)40-25-13-34(14-26-40)4-1-31-7-19-37(20-8-31)43(38-21-9-32(10-22-38)2-5-35-15-27-41(28-16-35)45(49)50)39-23-11-33(12-24-39)3-6-36-17-29-42(30-18-36)46(51)52/h7-30H. The van der Waals surface area contributed by atoms with E-state index in [1.165, 1.54) is 36.4 Å². The van der Waals surface area contributed by atoms with Crippen LogP contribution in [-0.4, -0.2) is 14.8 Å². The van der Waals surface area contributed by atoms with Gasteiger partial charge in [-0.05, 0) is 109 Å². The number of rotatable bonds is 6. The van der Waals surface area contributed by atoms with Gasteiger partial charge in [0, 0.05) is 86.8 Å². The molecule has 10 nitrogen and oxygen atoms in total. The second-order valence-corrected chi connectivity index (χ2v) is 11.1. The monoisotopic (exact) mass is 680 g/mol. The molecule has 0 amide bonds. The summed E-state index contributed by atoms with van der Waals surface area (Å²) in [5, 5.41) is 32.9. The Morgan fingerprint density at radius 2 is 0.481 bits per heavy atom. The zero-order chi connectivity index (χ0) is 36.5. The highest BCUT2D eigenvalue weighted by molar-refractivity contribution is 5.77. The van der Waals surface area contributed by atoms with Gasteiger partial charge in [0.05, 0.1) is 14.8 Å². The third-order valence-corrected chi connectivity index (χ3v) is 7.66. The average Bonchev–Trinajstić information content (AvgIpc) is 3.17. The number of hydrogen-bond donors (Lipinski definition) is 0. The summed E-state index contributed by atoms with van der Waals surface area (Å²) in [6.45, 7) is 0. The lowest BCUT2D eigenvalue weighted by Crippen LogP contribution is -2.09. The number of nitro groups is 3. The van der Waals surface area contributed by atoms with Gasteiger partial charge in [0.1, 0.15) is 0 Å². The van der Waals surface area contributed by atoms with E-state index in [9.17, 15) is 30.3 Å². The average molecular weight is 681 g/mol. The summed E-state index contributed by atoms with van der Waals surface area (Å²) < 4.78 is 0. The molecule has 6 aromatic carbocycles. The summed E-state index contributed by atoms with van der Waals surface area (Å²) in [5.41, 5.74) is 6.83. The summed E-state index contributed by atoms with van der Waals surface area (Å²) in [5.74, 6) is 18.4. The second-order valence-electron chi connectivity index (χ2n) is 11.1. The molecule has 0 aromatic heterocycles. The van der Waals surface area contributed by atoms with E-state index in [1.54, 1.807) is 36.4 Å². The lowest BCUT2D eigenvalue weighted by molar-refractivity contribution is -0.385. The third-order valence-electron chi connectivity index (χ3n) is 7.66. The quantitative estimate of drug-likeness (QED) is 0.0974. The maximum absolute atomic E-state index is 11.0. The number of anilines is 3. The van der Waals surface area contributed by atoms with Crippen LogP contribution in [-0.2, 0) is 0 Å². The van der Waals surface area contributed by atoms with Crippen molar-refractivity contribution in [1.82, 2.24) is 0 Å². The molecule has 6 rings (SSSR count). The molecule has 0 atom stereocenters. The number of benzene rings is 6. The molecule has 0 aliphatic carbocycles. The topological polar surface area (TPSA) is 133 Å². The van der Waals surface area contributed by atoms with Crippen LogP contribution >= 0.6 is 0 Å². The minimum Gasteiger partial charge on any atom is -0.311 e. The van der Waals surface area contributed by atoms with Crippen LogP contribution in [0.3, 0.4) is 0 Å². The van der Waals surface area contributed by atoms with Gasteiger partial charge in [0.15, 0.2) is 0 Å². The molecule has 0 fully saturated rings. The third kappa shape index (κ3) is 8.53. The molecule has 0 saturated heterocycles. The number of non-ortho nitro benzene ring substituents is 3. The Morgan fingerprint density at radius 3 is 0.654 bits per heavy atom. The Hall–Kier alpha value is -8.00. The fraction of sp³-hybridized carbons (Fsp3) is 0. The zero-order valence-electron chi connectivity index (χ0n) is 27.1. The van der Waals surface area contributed by atoms with E-state index in [0.29, 0.717) is 16.7 Å². The minimum absolute atomic E-state index is 0.00382. The highest BCUT2D eigenvalue weighted by Crippen LogP contribution is 2.35. The van der Waals surface area contributed by atoms with Gasteiger partial charge in [-0.2, -0.15) is 0 Å². The molecule has 0 heterocycles. The van der Waals surface area contributed by atoms with Crippen LogP contribution in [0.4, 0.5) is 34.1 Å². The minimum atomic E-state index is -0.451. The van der Waals surface area contributed by atoms with Crippen molar-refractivity contribution in [1.29, 1.82) is 0 Å². The molecule has 0 radical (unpaired) electrons. The van der Waals surface area contributed by atoms with Crippen molar-refractivity contribution in [3.05, 3.63) is 209 Å². The lowest BCUT2D eigenvalue weighted by atomic mass is 10.1. The van der Waals surface area contributed by atoms with E-state index >= 15 is 0 Å². The molecular weight excluding hydrogens is 656 g/mol. The van der Waals surface area contributed by atoms with Gasteiger partial charge in [-0.15, -0.1) is 0 Å². The van der Waals surface area contributed by atoms with Crippen molar-refractivity contribution >= 4 is 34.1 Å². The molecule has 10 heteroatoms. The molecule has 0 aliphatic heterocycles. The lowest BCUT2D eigenvalue weighted by Gasteiger charge is -2.25. The van der Waals surface area contributed by atoms with Crippen LogP contribution in [0.15, 0.2) is 146 Å². The van der Waals surface area contributed by atoms with Crippen molar-refractivity contribution in [2.75, 3.05) is 4.90 Å². The molecule has 52 heavy (non-hydrogen) atoms. The highest BCUT2D eigenvalue weighted by Gasteiger charge is 2.13. The molecule has 0 spiro atoms. The summed E-state index contributed by atoms with van der Waals surface area (Å²) in [4.78, 5) is 33.6. The van der Waals surface area contributed by atoms with E-state index in [2.05, 4.69) is 40.4 Å². The van der Waals surface area contributed by atoms with Gasteiger partial charge in [-0.3, -0.25) is 30.3 Å². The Morgan fingerprint density at radius 1 is 0.308 bits per heavy atom. The van der Waals surface area contributed by atoms with Crippen molar-refractivity contribution in [3.63, 3.8) is 0 Å². The molecule has 6 aromatic rings. The predicted octanol–water partition coefficient (Wildman–Crippen LogP) is 9.08. The summed E-state index contributed by atoms with van der Waals surface area (Å²) in [6.07, 6.45) is 0. The molecule has 0 bridgehead atoms. The SMILES string of the molecule is O=[N+]([O-])c1ccc(C#Cc2ccc(N(c3ccc(C#Cc4ccc([N+](=O)[O-])cc4)cc3)c3ccc(C#Cc4ccc([N+](=O)[O-])cc4)cc3)cc2)cc1. The van der Waals surface area contributed by atoms with Crippen LogP contribution in [0, 0.1) is 65.9 Å². The summed E-state index contributed by atoms with van der Waals surface area (Å²) >= 11 is 0. The predicted molar refractivity (Wildman–Crippen MR) is 198 cm³/mol. The largest absolute Gasteiger partial charge is 0.311 e. The van der Waals surface area contributed by atoms with Crippen LogP contribution in [0.1, 0.15) is 33.4 Å². The molecule has 0 aliphatic rings. The Balaban J connectivity index is 1.27. The first-order valence-corrected chi connectivity index (χ1v) is 15.6. The van der Waals surface area contributed by atoms with Crippen LogP contribution in [0.25, 0.3) is 0 Å². The first-order chi connectivity index (χ1) is 25.2. The Labute approximate surface area is 298 Å². The fourth-order valence-electron chi connectivity index (χ4n) is 4.96. The van der Waals surface area contributed by atoms with Gasteiger partial charge >= 0.3 is 0 Å².